The van der Waals surface area contributed by atoms with Crippen LogP contribution in [0, 0.1) is 24.0 Å². The molecule has 0 unspecified atom stereocenters. The third kappa shape index (κ3) is 3.31. The van der Waals surface area contributed by atoms with Crippen molar-refractivity contribution in [2.45, 2.75) is 20.5 Å². The summed E-state index contributed by atoms with van der Waals surface area (Å²) in [6.07, 6.45) is 0. The minimum Gasteiger partial charge on any atom is -0.497 e. The van der Waals surface area contributed by atoms with Crippen molar-refractivity contribution in [2.75, 3.05) is 7.11 Å². The molecule has 0 aromatic heterocycles. The van der Waals surface area contributed by atoms with Gasteiger partial charge in [0.05, 0.1) is 17.6 Å². The monoisotopic (exact) mass is 287 g/mol. The predicted molar refractivity (Wildman–Crippen MR) is 79.9 cm³/mol. The molecule has 0 spiro atoms. The van der Waals surface area contributed by atoms with Crippen molar-refractivity contribution in [1.82, 2.24) is 0 Å². The standard InChI is InChI=1S/C16H17NO4/c1-11-4-9-15(12(2)16(11)17(18)19)21-10-13-5-7-14(20-3)8-6-13/h4-9H,10H2,1-3H3. The summed E-state index contributed by atoms with van der Waals surface area (Å²) in [7, 11) is 1.61. The van der Waals surface area contributed by atoms with Gasteiger partial charge in [0.1, 0.15) is 18.1 Å². The van der Waals surface area contributed by atoms with Crippen LogP contribution in [0.2, 0.25) is 0 Å². The molecule has 0 aliphatic rings. The van der Waals surface area contributed by atoms with Gasteiger partial charge in [-0.2, -0.15) is 0 Å². The minimum absolute atomic E-state index is 0.113. The van der Waals surface area contributed by atoms with Gasteiger partial charge in [0.15, 0.2) is 0 Å². The largest absolute Gasteiger partial charge is 0.497 e. The highest BCUT2D eigenvalue weighted by Gasteiger charge is 2.18. The molecule has 0 aliphatic carbocycles. The Balaban J connectivity index is 2.16. The highest BCUT2D eigenvalue weighted by Crippen LogP contribution is 2.31. The summed E-state index contributed by atoms with van der Waals surface area (Å²) in [6, 6.07) is 11.0. The molecule has 0 fully saturated rings. The maximum absolute atomic E-state index is 11.1. The Morgan fingerprint density at radius 2 is 1.76 bits per heavy atom. The summed E-state index contributed by atoms with van der Waals surface area (Å²) in [6.45, 7) is 3.78. The SMILES string of the molecule is COc1ccc(COc2ccc(C)c([N+](=O)[O-])c2C)cc1. The van der Waals surface area contributed by atoms with Gasteiger partial charge in [0.25, 0.3) is 5.69 Å². The molecular weight excluding hydrogens is 270 g/mol. The minimum atomic E-state index is -0.370. The smallest absolute Gasteiger partial charge is 0.278 e. The van der Waals surface area contributed by atoms with Crippen molar-refractivity contribution in [2.24, 2.45) is 0 Å². The van der Waals surface area contributed by atoms with Crippen molar-refractivity contribution in [1.29, 1.82) is 0 Å². The third-order valence-electron chi connectivity index (χ3n) is 3.32. The lowest BCUT2D eigenvalue weighted by molar-refractivity contribution is -0.386. The Hall–Kier alpha value is -2.56. The molecule has 0 amide bonds. The van der Waals surface area contributed by atoms with Crippen LogP contribution in [0.5, 0.6) is 11.5 Å². The second-order valence-electron chi connectivity index (χ2n) is 4.75. The number of rotatable bonds is 5. The number of hydrogen-bond donors (Lipinski definition) is 0. The first-order chi connectivity index (χ1) is 10.0. The zero-order valence-electron chi connectivity index (χ0n) is 12.3. The summed E-state index contributed by atoms with van der Waals surface area (Å²) >= 11 is 0. The molecule has 2 rings (SSSR count). The Labute approximate surface area is 123 Å². The van der Waals surface area contributed by atoms with Gasteiger partial charge in [-0.05, 0) is 43.7 Å². The number of nitro benzene ring substituents is 1. The highest BCUT2D eigenvalue weighted by atomic mass is 16.6. The first kappa shape index (κ1) is 14.8. The average Bonchev–Trinajstić information content (AvgIpc) is 2.46. The summed E-state index contributed by atoms with van der Waals surface area (Å²) in [5.74, 6) is 1.31. The van der Waals surface area contributed by atoms with Gasteiger partial charge in [-0.15, -0.1) is 0 Å². The van der Waals surface area contributed by atoms with Gasteiger partial charge in [0, 0.05) is 5.56 Å². The molecule has 2 aromatic rings. The quantitative estimate of drug-likeness (QED) is 0.620. The van der Waals surface area contributed by atoms with Crippen molar-refractivity contribution < 1.29 is 14.4 Å². The van der Waals surface area contributed by atoms with E-state index in [0.717, 1.165) is 11.3 Å². The molecule has 0 N–H and O–H groups in total. The van der Waals surface area contributed by atoms with Crippen molar-refractivity contribution in [3.05, 3.63) is 63.2 Å². The third-order valence-corrected chi connectivity index (χ3v) is 3.32. The molecular formula is C16H17NO4. The van der Waals surface area contributed by atoms with Gasteiger partial charge in [-0.25, -0.2) is 0 Å². The fourth-order valence-corrected chi connectivity index (χ4v) is 2.14. The van der Waals surface area contributed by atoms with Gasteiger partial charge < -0.3 is 9.47 Å². The van der Waals surface area contributed by atoms with Gasteiger partial charge in [0.2, 0.25) is 0 Å². The summed E-state index contributed by atoms with van der Waals surface area (Å²) in [5.41, 5.74) is 2.27. The predicted octanol–water partition coefficient (Wildman–Crippen LogP) is 3.80. The molecule has 0 aliphatic heterocycles. The van der Waals surface area contributed by atoms with E-state index in [1.165, 1.54) is 0 Å². The highest BCUT2D eigenvalue weighted by molar-refractivity contribution is 5.53. The lowest BCUT2D eigenvalue weighted by Gasteiger charge is -2.11. The molecule has 0 atom stereocenters. The molecule has 2 aromatic carbocycles. The first-order valence-corrected chi connectivity index (χ1v) is 6.53. The fourth-order valence-electron chi connectivity index (χ4n) is 2.14. The van der Waals surface area contributed by atoms with Crippen LogP contribution in [0.15, 0.2) is 36.4 Å². The lowest BCUT2D eigenvalue weighted by Crippen LogP contribution is -2.01. The molecule has 21 heavy (non-hydrogen) atoms. The average molecular weight is 287 g/mol. The van der Waals surface area contributed by atoms with E-state index < -0.39 is 0 Å². The van der Waals surface area contributed by atoms with Crippen molar-refractivity contribution in [3.8, 4) is 11.5 Å². The van der Waals surface area contributed by atoms with Crippen LogP contribution < -0.4 is 9.47 Å². The lowest BCUT2D eigenvalue weighted by atomic mass is 10.1. The molecule has 0 saturated carbocycles. The number of hydrogen-bond acceptors (Lipinski definition) is 4. The van der Waals surface area contributed by atoms with E-state index in [9.17, 15) is 10.1 Å². The second-order valence-corrected chi connectivity index (χ2v) is 4.75. The van der Waals surface area contributed by atoms with Crippen LogP contribution in [0.25, 0.3) is 0 Å². The topological polar surface area (TPSA) is 61.6 Å². The van der Waals surface area contributed by atoms with Gasteiger partial charge >= 0.3 is 0 Å². The van der Waals surface area contributed by atoms with Crippen LogP contribution in [0.4, 0.5) is 5.69 Å². The molecule has 5 heteroatoms. The Bertz CT molecular complexity index is 650. The van der Waals surface area contributed by atoms with Crippen LogP contribution in [-0.2, 0) is 6.61 Å². The summed E-state index contributed by atoms with van der Waals surface area (Å²) in [5, 5.41) is 11.1. The molecule has 0 saturated heterocycles. The van der Waals surface area contributed by atoms with Crippen LogP contribution >= 0.6 is 0 Å². The maximum atomic E-state index is 11.1. The fraction of sp³-hybridized carbons (Fsp3) is 0.250. The molecule has 0 radical (unpaired) electrons. The second kappa shape index (κ2) is 6.26. The Morgan fingerprint density at radius 1 is 1.10 bits per heavy atom. The van der Waals surface area contributed by atoms with E-state index >= 15 is 0 Å². The van der Waals surface area contributed by atoms with Crippen LogP contribution in [0.3, 0.4) is 0 Å². The number of aryl methyl sites for hydroxylation is 1. The first-order valence-electron chi connectivity index (χ1n) is 6.53. The van der Waals surface area contributed by atoms with Crippen LogP contribution in [-0.4, -0.2) is 12.0 Å². The van der Waals surface area contributed by atoms with E-state index in [-0.39, 0.29) is 10.6 Å². The maximum Gasteiger partial charge on any atom is 0.278 e. The number of benzene rings is 2. The normalized spacial score (nSPS) is 10.2. The van der Waals surface area contributed by atoms with E-state index in [4.69, 9.17) is 9.47 Å². The summed E-state index contributed by atoms with van der Waals surface area (Å²) < 4.78 is 10.8. The number of nitrogens with zero attached hydrogens (tertiary/aromatic N) is 1. The molecule has 110 valence electrons. The van der Waals surface area contributed by atoms with Gasteiger partial charge in [-0.1, -0.05) is 12.1 Å². The van der Waals surface area contributed by atoms with E-state index in [2.05, 4.69) is 0 Å². The molecule has 5 nitrogen and oxygen atoms in total. The molecule has 0 bridgehead atoms. The Kier molecular flexibility index (Phi) is 4.42. The van der Waals surface area contributed by atoms with Crippen LogP contribution in [0.1, 0.15) is 16.7 Å². The van der Waals surface area contributed by atoms with Crippen molar-refractivity contribution >= 4 is 5.69 Å². The zero-order chi connectivity index (χ0) is 15.4. The van der Waals surface area contributed by atoms with Crippen molar-refractivity contribution in [3.63, 3.8) is 0 Å². The number of ether oxygens (including phenoxy) is 2. The van der Waals surface area contributed by atoms with E-state index in [1.54, 1.807) is 33.1 Å². The zero-order valence-corrected chi connectivity index (χ0v) is 12.3. The molecule has 0 heterocycles. The summed E-state index contributed by atoms with van der Waals surface area (Å²) in [4.78, 5) is 10.7. The number of nitro groups is 1. The van der Waals surface area contributed by atoms with E-state index in [0.29, 0.717) is 23.5 Å². The van der Waals surface area contributed by atoms with Gasteiger partial charge in [-0.3, -0.25) is 10.1 Å². The van der Waals surface area contributed by atoms with E-state index in [1.807, 2.05) is 24.3 Å². The Morgan fingerprint density at radius 3 is 2.33 bits per heavy atom. The number of methoxy groups -OCH3 is 1.